The lowest BCUT2D eigenvalue weighted by molar-refractivity contribution is 0.0582. The van der Waals surface area contributed by atoms with Crippen LogP contribution in [0.15, 0.2) is 0 Å². The van der Waals surface area contributed by atoms with Gasteiger partial charge in [0.1, 0.15) is 0 Å². The highest BCUT2D eigenvalue weighted by atomic mass is 16.3. The lowest BCUT2D eigenvalue weighted by Crippen LogP contribution is -2.36. The number of aliphatic hydroxyl groups is 1. The summed E-state index contributed by atoms with van der Waals surface area (Å²) in [6.45, 7) is 1.26. The van der Waals surface area contributed by atoms with E-state index in [4.69, 9.17) is 0 Å². The van der Waals surface area contributed by atoms with Gasteiger partial charge in [0.15, 0.2) is 0 Å². The van der Waals surface area contributed by atoms with E-state index >= 15 is 0 Å². The molecule has 2 fully saturated rings. The molecule has 106 valence electrons. The molecular weight excluding hydrogens is 222 g/mol. The van der Waals surface area contributed by atoms with Crippen molar-refractivity contribution < 1.29 is 5.11 Å². The Labute approximate surface area is 113 Å². The van der Waals surface area contributed by atoms with Crippen LogP contribution in [0.4, 0.5) is 0 Å². The maximum Gasteiger partial charge on any atom is 0.0540 e. The fourth-order valence-electron chi connectivity index (χ4n) is 4.20. The predicted molar refractivity (Wildman–Crippen MR) is 76.6 cm³/mol. The Kier molecular flexibility index (Phi) is 5.50. The van der Waals surface area contributed by atoms with Crippen LogP contribution in [0.3, 0.4) is 0 Å². The summed E-state index contributed by atoms with van der Waals surface area (Å²) in [7, 11) is 4.43. The van der Waals surface area contributed by atoms with Gasteiger partial charge in [0, 0.05) is 6.54 Å². The van der Waals surface area contributed by atoms with Crippen LogP contribution in [-0.2, 0) is 0 Å². The van der Waals surface area contributed by atoms with E-state index in [0.29, 0.717) is 0 Å². The Balaban J connectivity index is 1.94. The molecule has 0 aliphatic heterocycles. The first-order chi connectivity index (χ1) is 8.66. The third-order valence-corrected chi connectivity index (χ3v) is 5.18. The molecule has 0 aromatic carbocycles. The molecule has 2 nitrogen and oxygen atoms in total. The summed E-state index contributed by atoms with van der Waals surface area (Å²) in [6, 6.07) is 0. The van der Waals surface area contributed by atoms with Gasteiger partial charge in [0.2, 0.25) is 0 Å². The number of nitrogens with zero attached hydrogens (tertiary/aromatic N) is 1. The molecule has 2 aliphatic carbocycles. The average molecular weight is 253 g/mol. The molecule has 1 atom stereocenters. The van der Waals surface area contributed by atoms with Crippen LogP contribution in [0.1, 0.15) is 57.8 Å². The van der Waals surface area contributed by atoms with Crippen molar-refractivity contribution in [2.75, 3.05) is 20.6 Å². The second kappa shape index (κ2) is 6.91. The summed E-state index contributed by atoms with van der Waals surface area (Å²) in [5.74, 6) is 2.72. The monoisotopic (exact) mass is 253 g/mol. The lowest BCUT2D eigenvalue weighted by Gasteiger charge is -2.40. The maximum atomic E-state index is 9.69. The minimum atomic E-state index is -0.00684. The molecule has 0 aromatic rings. The standard InChI is InChI=1S/C16H31NO/c1-17(2)12-16(13-6-4-3-5-7-13)14-8-10-15(18)11-9-14/h13-16,18H,3-12H2,1-2H3. The Bertz CT molecular complexity index is 227. The van der Waals surface area contributed by atoms with Crippen molar-refractivity contribution in [1.82, 2.24) is 4.90 Å². The highest BCUT2D eigenvalue weighted by Crippen LogP contribution is 2.40. The Morgan fingerprint density at radius 3 is 2.00 bits per heavy atom. The molecular formula is C16H31NO. The Hall–Kier alpha value is -0.0800. The summed E-state index contributed by atoms with van der Waals surface area (Å²) >= 11 is 0. The Morgan fingerprint density at radius 2 is 1.44 bits per heavy atom. The summed E-state index contributed by atoms with van der Waals surface area (Å²) < 4.78 is 0. The molecule has 0 aromatic heterocycles. The molecule has 2 saturated carbocycles. The van der Waals surface area contributed by atoms with Crippen molar-refractivity contribution in [2.45, 2.75) is 63.9 Å². The lowest BCUT2D eigenvalue weighted by atomic mass is 9.69. The first-order valence-electron chi connectivity index (χ1n) is 7.99. The molecule has 1 unspecified atom stereocenters. The topological polar surface area (TPSA) is 23.5 Å². The van der Waals surface area contributed by atoms with E-state index in [1.54, 1.807) is 0 Å². The maximum absolute atomic E-state index is 9.69. The van der Waals surface area contributed by atoms with E-state index in [1.807, 2.05) is 0 Å². The quantitative estimate of drug-likeness (QED) is 0.831. The van der Waals surface area contributed by atoms with Gasteiger partial charge >= 0.3 is 0 Å². The molecule has 2 rings (SSSR count). The zero-order valence-corrected chi connectivity index (χ0v) is 12.3. The number of hydrogen-bond donors (Lipinski definition) is 1. The van der Waals surface area contributed by atoms with Crippen LogP contribution in [0.5, 0.6) is 0 Å². The van der Waals surface area contributed by atoms with Crippen LogP contribution in [-0.4, -0.2) is 36.8 Å². The molecule has 0 amide bonds. The summed E-state index contributed by atoms with van der Waals surface area (Å²) in [5, 5.41) is 9.69. The fourth-order valence-corrected chi connectivity index (χ4v) is 4.20. The van der Waals surface area contributed by atoms with E-state index in [0.717, 1.165) is 30.6 Å². The van der Waals surface area contributed by atoms with E-state index < -0.39 is 0 Å². The summed E-state index contributed by atoms with van der Waals surface area (Å²) in [4.78, 5) is 2.38. The third-order valence-electron chi connectivity index (χ3n) is 5.18. The average Bonchev–Trinajstić information content (AvgIpc) is 2.38. The van der Waals surface area contributed by atoms with Gasteiger partial charge in [-0.2, -0.15) is 0 Å². The molecule has 0 spiro atoms. The molecule has 1 N–H and O–H groups in total. The van der Waals surface area contributed by atoms with Gasteiger partial charge in [0.05, 0.1) is 6.10 Å². The number of aliphatic hydroxyl groups excluding tert-OH is 1. The van der Waals surface area contributed by atoms with Crippen LogP contribution < -0.4 is 0 Å². The van der Waals surface area contributed by atoms with Crippen molar-refractivity contribution in [3.63, 3.8) is 0 Å². The zero-order valence-electron chi connectivity index (χ0n) is 12.3. The molecule has 2 aliphatic rings. The van der Waals surface area contributed by atoms with E-state index in [1.165, 1.54) is 51.5 Å². The normalized spacial score (nSPS) is 32.7. The predicted octanol–water partition coefficient (Wildman–Crippen LogP) is 3.30. The SMILES string of the molecule is CN(C)CC(C1CCCCC1)C1CCC(O)CC1. The second-order valence-corrected chi connectivity index (χ2v) is 6.89. The van der Waals surface area contributed by atoms with Gasteiger partial charge in [-0.15, -0.1) is 0 Å². The van der Waals surface area contributed by atoms with E-state index in [-0.39, 0.29) is 6.10 Å². The van der Waals surface area contributed by atoms with Gasteiger partial charge in [-0.05, 0) is 57.5 Å². The van der Waals surface area contributed by atoms with Crippen molar-refractivity contribution in [2.24, 2.45) is 17.8 Å². The van der Waals surface area contributed by atoms with Crippen molar-refractivity contribution in [3.05, 3.63) is 0 Å². The highest BCUT2D eigenvalue weighted by molar-refractivity contribution is 4.84. The highest BCUT2D eigenvalue weighted by Gasteiger charge is 2.33. The Morgan fingerprint density at radius 1 is 0.889 bits per heavy atom. The van der Waals surface area contributed by atoms with Crippen LogP contribution in [0, 0.1) is 17.8 Å². The number of hydrogen-bond acceptors (Lipinski definition) is 2. The first kappa shape index (κ1) is 14.3. The molecule has 2 heteroatoms. The first-order valence-corrected chi connectivity index (χ1v) is 7.99. The third kappa shape index (κ3) is 3.96. The molecule has 0 bridgehead atoms. The van der Waals surface area contributed by atoms with Gasteiger partial charge in [0.25, 0.3) is 0 Å². The van der Waals surface area contributed by atoms with Gasteiger partial charge in [-0.3, -0.25) is 0 Å². The summed E-state index contributed by atoms with van der Waals surface area (Å²) in [5.41, 5.74) is 0. The molecule has 0 saturated heterocycles. The summed E-state index contributed by atoms with van der Waals surface area (Å²) in [6.07, 6.45) is 11.9. The van der Waals surface area contributed by atoms with Crippen molar-refractivity contribution in [3.8, 4) is 0 Å². The fraction of sp³-hybridized carbons (Fsp3) is 1.00. The van der Waals surface area contributed by atoms with Crippen LogP contribution in [0.2, 0.25) is 0 Å². The largest absolute Gasteiger partial charge is 0.393 e. The minimum absolute atomic E-state index is 0.00684. The molecule has 0 radical (unpaired) electrons. The molecule has 18 heavy (non-hydrogen) atoms. The van der Waals surface area contributed by atoms with Crippen molar-refractivity contribution >= 4 is 0 Å². The second-order valence-electron chi connectivity index (χ2n) is 6.89. The minimum Gasteiger partial charge on any atom is -0.393 e. The zero-order chi connectivity index (χ0) is 13.0. The van der Waals surface area contributed by atoms with E-state index in [9.17, 15) is 5.11 Å². The molecule has 0 heterocycles. The van der Waals surface area contributed by atoms with Gasteiger partial charge < -0.3 is 10.0 Å². The van der Waals surface area contributed by atoms with Gasteiger partial charge in [-0.1, -0.05) is 32.1 Å². The van der Waals surface area contributed by atoms with Crippen molar-refractivity contribution in [1.29, 1.82) is 0 Å². The van der Waals surface area contributed by atoms with Crippen LogP contribution >= 0.6 is 0 Å². The number of rotatable bonds is 4. The van der Waals surface area contributed by atoms with Gasteiger partial charge in [-0.25, -0.2) is 0 Å². The smallest absolute Gasteiger partial charge is 0.0540 e. The van der Waals surface area contributed by atoms with Crippen LogP contribution in [0.25, 0.3) is 0 Å². The van der Waals surface area contributed by atoms with E-state index in [2.05, 4.69) is 19.0 Å².